The molecule has 3 nitrogen and oxygen atoms in total. The molecular weight excluding hydrogens is 261 g/mol. The minimum atomic E-state index is -0.189. The predicted octanol–water partition coefficient (Wildman–Crippen LogP) is 3.13. The molecule has 2 rings (SSSR count). The van der Waals surface area contributed by atoms with E-state index in [9.17, 15) is 4.39 Å². The van der Waals surface area contributed by atoms with Gasteiger partial charge in [-0.05, 0) is 48.6 Å². The molecule has 0 aliphatic rings. The zero-order valence-electron chi connectivity index (χ0n) is 11.2. The van der Waals surface area contributed by atoms with Crippen molar-refractivity contribution in [3.63, 3.8) is 0 Å². The second-order valence-electron chi connectivity index (χ2n) is 4.38. The topological polar surface area (TPSA) is 37.8 Å². The molecule has 0 amide bonds. The van der Waals surface area contributed by atoms with Crippen LogP contribution in [0.1, 0.15) is 36.0 Å². The first-order valence-corrected chi connectivity index (χ1v) is 7.30. The van der Waals surface area contributed by atoms with Gasteiger partial charge in [0, 0.05) is 6.04 Å². The largest absolute Gasteiger partial charge is 0.309 e. The van der Waals surface area contributed by atoms with Gasteiger partial charge < -0.3 is 5.32 Å². The molecule has 0 bridgehead atoms. The SMILES string of the molecule is CCNC(Cc1cccc(F)c1)c1snnc1CC. The van der Waals surface area contributed by atoms with Gasteiger partial charge in [0.1, 0.15) is 5.82 Å². The summed E-state index contributed by atoms with van der Waals surface area (Å²) in [5.74, 6) is -0.189. The highest BCUT2D eigenvalue weighted by atomic mass is 32.1. The van der Waals surface area contributed by atoms with Crippen molar-refractivity contribution in [1.29, 1.82) is 0 Å². The predicted molar refractivity (Wildman–Crippen MR) is 75.8 cm³/mol. The number of rotatable bonds is 6. The Hall–Kier alpha value is -1.33. The molecule has 2 aromatic rings. The molecule has 0 saturated carbocycles. The molecule has 102 valence electrons. The normalized spacial score (nSPS) is 12.6. The lowest BCUT2D eigenvalue weighted by atomic mass is 10.0. The van der Waals surface area contributed by atoms with Gasteiger partial charge in [0.25, 0.3) is 0 Å². The van der Waals surface area contributed by atoms with Crippen LogP contribution in [0.4, 0.5) is 4.39 Å². The number of halogens is 1. The molecule has 5 heteroatoms. The van der Waals surface area contributed by atoms with Crippen molar-refractivity contribution in [1.82, 2.24) is 14.9 Å². The molecule has 1 unspecified atom stereocenters. The number of nitrogens with zero attached hydrogens (tertiary/aromatic N) is 2. The lowest BCUT2D eigenvalue weighted by Crippen LogP contribution is -2.23. The fourth-order valence-electron chi connectivity index (χ4n) is 2.13. The van der Waals surface area contributed by atoms with Crippen LogP contribution in [0.3, 0.4) is 0 Å². The Balaban J connectivity index is 2.21. The Kier molecular flexibility index (Phi) is 4.99. The molecule has 0 spiro atoms. The van der Waals surface area contributed by atoms with Gasteiger partial charge in [-0.25, -0.2) is 4.39 Å². The summed E-state index contributed by atoms with van der Waals surface area (Å²) in [4.78, 5) is 1.16. The summed E-state index contributed by atoms with van der Waals surface area (Å²) < 4.78 is 17.3. The van der Waals surface area contributed by atoms with E-state index in [1.165, 1.54) is 17.6 Å². The number of benzene rings is 1. The third-order valence-corrected chi connectivity index (χ3v) is 3.90. The third kappa shape index (κ3) is 3.58. The monoisotopic (exact) mass is 279 g/mol. The summed E-state index contributed by atoms with van der Waals surface area (Å²) in [5, 5.41) is 7.59. The van der Waals surface area contributed by atoms with Crippen molar-refractivity contribution >= 4 is 11.5 Å². The molecule has 0 saturated heterocycles. The van der Waals surface area contributed by atoms with E-state index < -0.39 is 0 Å². The lowest BCUT2D eigenvalue weighted by Gasteiger charge is -2.17. The van der Waals surface area contributed by atoms with Gasteiger partial charge in [0.15, 0.2) is 0 Å². The lowest BCUT2D eigenvalue weighted by molar-refractivity contribution is 0.550. The number of aromatic nitrogens is 2. The van der Waals surface area contributed by atoms with Gasteiger partial charge >= 0.3 is 0 Å². The molecule has 0 radical (unpaired) electrons. The maximum atomic E-state index is 13.2. The quantitative estimate of drug-likeness (QED) is 0.882. The van der Waals surface area contributed by atoms with Crippen LogP contribution < -0.4 is 5.32 Å². The highest BCUT2D eigenvalue weighted by molar-refractivity contribution is 7.05. The van der Waals surface area contributed by atoms with E-state index in [2.05, 4.69) is 28.8 Å². The van der Waals surface area contributed by atoms with Crippen molar-refractivity contribution in [3.05, 3.63) is 46.2 Å². The number of hydrogen-bond donors (Lipinski definition) is 1. The highest BCUT2D eigenvalue weighted by Crippen LogP contribution is 2.24. The number of hydrogen-bond acceptors (Lipinski definition) is 4. The first-order valence-electron chi connectivity index (χ1n) is 6.53. The van der Waals surface area contributed by atoms with E-state index in [-0.39, 0.29) is 11.9 Å². The summed E-state index contributed by atoms with van der Waals surface area (Å²) in [6, 6.07) is 6.91. The van der Waals surface area contributed by atoms with E-state index in [4.69, 9.17) is 0 Å². The second kappa shape index (κ2) is 6.73. The standard InChI is InChI=1S/C14H18FN3S/c1-3-12-14(19-18-17-12)13(16-4-2)9-10-6-5-7-11(15)8-10/h5-8,13,16H,3-4,9H2,1-2H3. The summed E-state index contributed by atoms with van der Waals surface area (Å²) in [7, 11) is 0. The Bertz CT molecular complexity index is 527. The molecular formula is C14H18FN3S. The van der Waals surface area contributed by atoms with Gasteiger partial charge in [-0.2, -0.15) is 0 Å². The number of nitrogens with one attached hydrogen (secondary N) is 1. The van der Waals surface area contributed by atoms with E-state index in [0.29, 0.717) is 0 Å². The van der Waals surface area contributed by atoms with Gasteiger partial charge in [0.2, 0.25) is 0 Å². The molecule has 1 heterocycles. The number of likely N-dealkylation sites (N-methyl/N-ethyl adjacent to an activating group) is 1. The molecule has 0 aliphatic heterocycles. The van der Waals surface area contributed by atoms with Crippen LogP contribution >= 0.6 is 11.5 Å². The average molecular weight is 279 g/mol. The molecule has 1 aromatic heterocycles. The average Bonchev–Trinajstić information content (AvgIpc) is 2.86. The first kappa shape index (κ1) is 14.1. The molecule has 0 fully saturated rings. The van der Waals surface area contributed by atoms with Crippen LogP contribution in [-0.2, 0) is 12.8 Å². The van der Waals surface area contributed by atoms with Gasteiger partial charge in [-0.15, -0.1) is 5.10 Å². The molecule has 1 N–H and O–H groups in total. The van der Waals surface area contributed by atoms with Crippen LogP contribution in [0, 0.1) is 5.82 Å². The van der Waals surface area contributed by atoms with E-state index in [0.717, 1.165) is 35.5 Å². The van der Waals surface area contributed by atoms with E-state index in [1.807, 2.05) is 6.07 Å². The summed E-state index contributed by atoms with van der Waals surface area (Å²) >= 11 is 1.43. The van der Waals surface area contributed by atoms with Crippen molar-refractivity contribution < 1.29 is 4.39 Å². The summed E-state index contributed by atoms with van der Waals surface area (Å²) in [6.07, 6.45) is 1.62. The van der Waals surface area contributed by atoms with E-state index >= 15 is 0 Å². The zero-order valence-corrected chi connectivity index (χ0v) is 12.0. The zero-order chi connectivity index (χ0) is 13.7. The number of aryl methyl sites for hydroxylation is 1. The first-order chi connectivity index (χ1) is 9.24. The minimum Gasteiger partial charge on any atom is -0.309 e. The smallest absolute Gasteiger partial charge is 0.123 e. The van der Waals surface area contributed by atoms with Crippen molar-refractivity contribution in [2.75, 3.05) is 6.54 Å². The van der Waals surface area contributed by atoms with Gasteiger partial charge in [0.05, 0.1) is 10.6 Å². The fraction of sp³-hybridized carbons (Fsp3) is 0.429. The molecule has 0 aliphatic carbocycles. The Morgan fingerprint density at radius 1 is 1.37 bits per heavy atom. The van der Waals surface area contributed by atoms with Gasteiger partial charge in [-0.3, -0.25) is 0 Å². The highest BCUT2D eigenvalue weighted by Gasteiger charge is 2.18. The van der Waals surface area contributed by atoms with Crippen LogP contribution in [0.25, 0.3) is 0 Å². The van der Waals surface area contributed by atoms with E-state index in [1.54, 1.807) is 12.1 Å². The second-order valence-corrected chi connectivity index (χ2v) is 5.17. The maximum Gasteiger partial charge on any atom is 0.123 e. The maximum absolute atomic E-state index is 13.2. The van der Waals surface area contributed by atoms with Crippen LogP contribution in [0.15, 0.2) is 24.3 Å². The molecule has 1 atom stereocenters. The Morgan fingerprint density at radius 2 is 2.21 bits per heavy atom. The van der Waals surface area contributed by atoms with Crippen LogP contribution in [0.5, 0.6) is 0 Å². The fourth-order valence-corrected chi connectivity index (χ4v) is 2.94. The summed E-state index contributed by atoms with van der Waals surface area (Å²) in [6.45, 7) is 5.01. The van der Waals surface area contributed by atoms with Crippen molar-refractivity contribution in [2.24, 2.45) is 0 Å². The van der Waals surface area contributed by atoms with Crippen molar-refractivity contribution in [3.8, 4) is 0 Å². The molecule has 19 heavy (non-hydrogen) atoms. The molecule has 1 aromatic carbocycles. The Labute approximate surface area is 117 Å². The third-order valence-electron chi connectivity index (χ3n) is 3.02. The van der Waals surface area contributed by atoms with Crippen LogP contribution in [-0.4, -0.2) is 16.1 Å². The van der Waals surface area contributed by atoms with Crippen molar-refractivity contribution in [2.45, 2.75) is 32.7 Å². The minimum absolute atomic E-state index is 0.154. The Morgan fingerprint density at radius 3 is 2.89 bits per heavy atom. The van der Waals surface area contributed by atoms with Gasteiger partial charge in [-0.1, -0.05) is 30.5 Å². The van der Waals surface area contributed by atoms with Crippen LogP contribution in [0.2, 0.25) is 0 Å². The summed E-state index contributed by atoms with van der Waals surface area (Å²) in [5.41, 5.74) is 2.02.